The summed E-state index contributed by atoms with van der Waals surface area (Å²) in [5.41, 5.74) is 0. The van der Waals surface area contributed by atoms with E-state index < -0.39 is 8.07 Å². The molecule has 1 aromatic rings. The Kier molecular flexibility index (Phi) is 3.68. The van der Waals surface area contributed by atoms with E-state index in [9.17, 15) is 0 Å². The number of hydrogen-bond donors (Lipinski definition) is 0. The summed E-state index contributed by atoms with van der Waals surface area (Å²) in [6.45, 7) is 7.29. The molecule has 0 aliphatic heterocycles. The Labute approximate surface area is 84.9 Å². The summed E-state index contributed by atoms with van der Waals surface area (Å²) >= 11 is 0. The second-order valence-corrected chi connectivity index (χ2v) is 12.8. The quantitative estimate of drug-likeness (QED) is 0.556. The fourth-order valence-corrected chi connectivity index (χ4v) is 8.40. The Hall–Kier alpha value is -0.153. The molecule has 13 heavy (non-hydrogen) atoms. The van der Waals surface area contributed by atoms with Gasteiger partial charge in [0.1, 0.15) is 8.07 Å². The van der Waals surface area contributed by atoms with E-state index in [1.54, 1.807) is 6.26 Å². The summed E-state index contributed by atoms with van der Waals surface area (Å²) in [5.74, 6) is 2.26. The van der Waals surface area contributed by atoms with Crippen LogP contribution in [0.1, 0.15) is 5.76 Å². The van der Waals surface area contributed by atoms with Gasteiger partial charge >= 0.3 is 0 Å². The molecule has 1 heterocycles. The molecule has 0 aromatic carbocycles. The maximum Gasteiger partial charge on any atom is 0.164 e. The maximum absolute atomic E-state index is 5.34. The van der Waals surface area contributed by atoms with Crippen LogP contribution in [0.25, 0.3) is 0 Å². The first kappa shape index (κ1) is 10.9. The molecule has 0 saturated heterocycles. The van der Waals surface area contributed by atoms with Crippen LogP contribution in [-0.4, -0.2) is 19.7 Å². The summed E-state index contributed by atoms with van der Waals surface area (Å²) in [6.07, 6.45) is 4.11. The zero-order chi connectivity index (χ0) is 9.90. The topological polar surface area (TPSA) is 13.1 Å². The average molecular weight is 215 g/mol. The first-order valence-corrected chi connectivity index (χ1v) is 10.3. The third kappa shape index (κ3) is 4.57. The summed E-state index contributed by atoms with van der Waals surface area (Å²) in [5, 5.41) is 1.41. The molecule has 0 spiro atoms. The average Bonchev–Trinajstić information content (AvgIpc) is 2.34. The van der Waals surface area contributed by atoms with E-state index in [1.165, 1.54) is 5.38 Å². The lowest BCUT2D eigenvalue weighted by molar-refractivity contribution is 0.530. The monoisotopic (exact) mass is 215 g/mol. The minimum atomic E-state index is -0.883. The van der Waals surface area contributed by atoms with Crippen molar-refractivity contribution in [3.8, 4) is 0 Å². The zero-order valence-electron chi connectivity index (χ0n) is 8.96. The number of hydrogen-bond acceptors (Lipinski definition) is 1. The van der Waals surface area contributed by atoms with Gasteiger partial charge in [0.2, 0.25) is 0 Å². The molecule has 1 unspecified atom stereocenters. The van der Waals surface area contributed by atoms with Gasteiger partial charge < -0.3 is 4.42 Å². The van der Waals surface area contributed by atoms with E-state index in [1.807, 2.05) is 6.07 Å². The minimum Gasteiger partial charge on any atom is -0.464 e. The highest BCUT2D eigenvalue weighted by Crippen LogP contribution is 2.12. The molecule has 0 N–H and O–H groups in total. The standard InChI is InChI=1S/C10H19OSSi/c1-12(9-13(2,3)4)8-10-6-5-7-11-10/h5-7H,8-9H2,1-4H3/q+1. The lowest BCUT2D eigenvalue weighted by Crippen LogP contribution is -2.32. The molecule has 1 rings (SSSR count). The molecular formula is C10H19OSSi+. The Morgan fingerprint density at radius 2 is 2.08 bits per heavy atom. The molecule has 0 saturated carbocycles. The molecule has 1 nitrogen and oxygen atoms in total. The number of rotatable bonds is 4. The van der Waals surface area contributed by atoms with Crippen LogP contribution >= 0.6 is 0 Å². The summed E-state index contributed by atoms with van der Waals surface area (Å²) in [4.78, 5) is 0. The minimum absolute atomic E-state index is 0.499. The van der Waals surface area contributed by atoms with Gasteiger partial charge in [-0.05, 0) is 23.0 Å². The van der Waals surface area contributed by atoms with Gasteiger partial charge in [0.05, 0.1) is 17.9 Å². The Morgan fingerprint density at radius 1 is 1.38 bits per heavy atom. The van der Waals surface area contributed by atoms with E-state index in [2.05, 4.69) is 32.0 Å². The van der Waals surface area contributed by atoms with E-state index in [0.29, 0.717) is 10.9 Å². The predicted molar refractivity (Wildman–Crippen MR) is 63.9 cm³/mol. The van der Waals surface area contributed by atoms with Crippen molar-refractivity contribution in [1.82, 2.24) is 0 Å². The fraction of sp³-hybridized carbons (Fsp3) is 0.600. The van der Waals surface area contributed by atoms with Crippen molar-refractivity contribution in [2.75, 3.05) is 11.6 Å². The second kappa shape index (κ2) is 4.38. The Balaban J connectivity index is 2.38. The van der Waals surface area contributed by atoms with Crippen molar-refractivity contribution in [3.63, 3.8) is 0 Å². The molecule has 1 atom stereocenters. The van der Waals surface area contributed by atoms with Crippen molar-refractivity contribution in [2.24, 2.45) is 0 Å². The van der Waals surface area contributed by atoms with Gasteiger partial charge in [-0.15, -0.1) is 0 Å². The van der Waals surface area contributed by atoms with Crippen molar-refractivity contribution in [3.05, 3.63) is 24.2 Å². The predicted octanol–water partition coefficient (Wildman–Crippen LogP) is 2.91. The molecule has 0 bridgehead atoms. The second-order valence-electron chi connectivity index (χ2n) is 4.71. The molecule has 0 amide bonds. The molecular weight excluding hydrogens is 196 g/mol. The van der Waals surface area contributed by atoms with Crippen molar-refractivity contribution >= 4 is 19.0 Å². The smallest absolute Gasteiger partial charge is 0.164 e. The van der Waals surface area contributed by atoms with Crippen LogP contribution in [-0.2, 0) is 16.6 Å². The van der Waals surface area contributed by atoms with E-state index in [-0.39, 0.29) is 0 Å². The summed E-state index contributed by atoms with van der Waals surface area (Å²) < 4.78 is 5.34. The van der Waals surface area contributed by atoms with Crippen LogP contribution in [0.2, 0.25) is 19.6 Å². The van der Waals surface area contributed by atoms with Crippen LogP contribution < -0.4 is 0 Å². The molecule has 3 heteroatoms. The first-order valence-electron chi connectivity index (χ1n) is 4.59. The van der Waals surface area contributed by atoms with Crippen molar-refractivity contribution in [2.45, 2.75) is 25.4 Å². The van der Waals surface area contributed by atoms with Crippen molar-refractivity contribution in [1.29, 1.82) is 0 Å². The summed E-state index contributed by atoms with van der Waals surface area (Å²) in [7, 11) is -0.384. The van der Waals surface area contributed by atoms with Crippen LogP contribution in [0, 0.1) is 0 Å². The third-order valence-electron chi connectivity index (χ3n) is 1.65. The van der Waals surface area contributed by atoms with Crippen LogP contribution in [0.15, 0.2) is 22.8 Å². The fourth-order valence-electron chi connectivity index (χ4n) is 1.43. The molecule has 0 aliphatic carbocycles. The van der Waals surface area contributed by atoms with Gasteiger partial charge in [-0.1, -0.05) is 19.6 Å². The maximum atomic E-state index is 5.34. The zero-order valence-corrected chi connectivity index (χ0v) is 10.8. The molecule has 0 fully saturated rings. The lowest BCUT2D eigenvalue weighted by Gasteiger charge is -2.13. The number of furan rings is 1. The van der Waals surface area contributed by atoms with Gasteiger partial charge in [-0.25, -0.2) is 0 Å². The Bertz CT molecular complexity index is 238. The Morgan fingerprint density at radius 3 is 2.54 bits per heavy atom. The largest absolute Gasteiger partial charge is 0.464 e. The van der Waals surface area contributed by atoms with E-state index in [0.717, 1.165) is 11.5 Å². The molecule has 0 radical (unpaired) electrons. The first-order chi connectivity index (χ1) is 5.97. The van der Waals surface area contributed by atoms with Crippen LogP contribution in [0.5, 0.6) is 0 Å². The van der Waals surface area contributed by atoms with E-state index in [4.69, 9.17) is 4.42 Å². The van der Waals surface area contributed by atoms with Crippen LogP contribution in [0.3, 0.4) is 0 Å². The summed E-state index contributed by atoms with van der Waals surface area (Å²) in [6, 6.07) is 4.05. The van der Waals surface area contributed by atoms with Gasteiger partial charge in [0.15, 0.2) is 11.5 Å². The molecule has 1 aromatic heterocycles. The van der Waals surface area contributed by atoms with Crippen molar-refractivity contribution < 1.29 is 4.42 Å². The highest BCUT2D eigenvalue weighted by molar-refractivity contribution is 7.97. The van der Waals surface area contributed by atoms with Gasteiger partial charge in [-0.2, -0.15) is 0 Å². The van der Waals surface area contributed by atoms with Gasteiger partial charge in [-0.3, -0.25) is 0 Å². The highest BCUT2D eigenvalue weighted by atomic mass is 32.2. The molecule has 74 valence electrons. The normalized spacial score (nSPS) is 14.5. The van der Waals surface area contributed by atoms with Gasteiger partial charge in [0, 0.05) is 0 Å². The van der Waals surface area contributed by atoms with Gasteiger partial charge in [0.25, 0.3) is 0 Å². The van der Waals surface area contributed by atoms with Crippen LogP contribution in [0.4, 0.5) is 0 Å². The SMILES string of the molecule is C[S+](Cc1ccco1)C[Si](C)(C)C. The highest BCUT2D eigenvalue weighted by Gasteiger charge is 2.25. The molecule has 0 aliphatic rings. The lowest BCUT2D eigenvalue weighted by atomic mass is 10.5. The van der Waals surface area contributed by atoms with E-state index >= 15 is 0 Å². The third-order valence-corrected chi connectivity index (χ3v) is 7.86.